The number of rotatable bonds is 5. The molecule has 0 aliphatic carbocycles. The lowest BCUT2D eigenvalue weighted by molar-refractivity contribution is -0.111. The molecule has 1 aromatic carbocycles. The molecule has 2 aromatic rings. The summed E-state index contributed by atoms with van der Waals surface area (Å²) in [5, 5.41) is 4.08. The highest BCUT2D eigenvalue weighted by atomic mass is 35.5. The van der Waals surface area contributed by atoms with Gasteiger partial charge in [-0.05, 0) is 44.0 Å². The number of nitrogens with zero attached hydrogens (tertiary/aromatic N) is 2. The Balaban J connectivity index is 1.55. The first-order valence-electron chi connectivity index (χ1n) is 8.54. The molecule has 25 heavy (non-hydrogen) atoms. The molecule has 0 saturated carbocycles. The lowest BCUT2D eigenvalue weighted by Gasteiger charge is -2.32. The van der Waals surface area contributed by atoms with Crippen molar-refractivity contribution in [3.63, 3.8) is 0 Å². The quantitative estimate of drug-likeness (QED) is 0.762. The first-order chi connectivity index (χ1) is 12.1. The van der Waals surface area contributed by atoms with E-state index in [-0.39, 0.29) is 5.91 Å². The van der Waals surface area contributed by atoms with Crippen LogP contribution in [0.5, 0.6) is 0 Å². The van der Waals surface area contributed by atoms with Crippen LogP contribution in [0.3, 0.4) is 0 Å². The Hall–Kier alpha value is -1.69. The Bertz CT molecular complexity index is 759. The summed E-state index contributed by atoms with van der Waals surface area (Å²) in [5.41, 5.74) is 0.818. The maximum Gasteiger partial charge on any atom is 0.250 e. The molecule has 1 fully saturated rings. The van der Waals surface area contributed by atoms with Crippen molar-refractivity contribution in [3.8, 4) is 0 Å². The Morgan fingerprint density at radius 2 is 2.28 bits per heavy atom. The number of hydrogen-bond acceptors (Lipinski definition) is 4. The molecule has 0 radical (unpaired) electrons. The van der Waals surface area contributed by atoms with Gasteiger partial charge in [0.2, 0.25) is 5.91 Å². The van der Waals surface area contributed by atoms with Crippen molar-refractivity contribution in [2.24, 2.45) is 0 Å². The van der Waals surface area contributed by atoms with Crippen LogP contribution in [0.4, 0.5) is 5.13 Å². The van der Waals surface area contributed by atoms with Crippen LogP contribution in [-0.2, 0) is 11.3 Å². The summed E-state index contributed by atoms with van der Waals surface area (Å²) >= 11 is 7.61. The smallest absolute Gasteiger partial charge is 0.250 e. The van der Waals surface area contributed by atoms with E-state index in [1.807, 2.05) is 24.4 Å². The average molecular weight is 376 g/mol. The predicted molar refractivity (Wildman–Crippen MR) is 105 cm³/mol. The van der Waals surface area contributed by atoms with Crippen molar-refractivity contribution in [3.05, 3.63) is 52.0 Å². The molecule has 1 aliphatic heterocycles. The highest BCUT2D eigenvalue weighted by molar-refractivity contribution is 7.15. The Morgan fingerprint density at radius 1 is 1.44 bits per heavy atom. The van der Waals surface area contributed by atoms with Crippen molar-refractivity contribution in [2.45, 2.75) is 38.8 Å². The number of amides is 1. The minimum absolute atomic E-state index is 0.202. The molecule has 0 spiro atoms. The van der Waals surface area contributed by atoms with E-state index >= 15 is 0 Å². The zero-order valence-electron chi connectivity index (χ0n) is 14.2. The number of aromatic nitrogens is 1. The van der Waals surface area contributed by atoms with Gasteiger partial charge in [-0.15, -0.1) is 11.3 Å². The number of carbonyl (C=O) groups is 1. The van der Waals surface area contributed by atoms with Crippen molar-refractivity contribution >= 4 is 40.1 Å². The predicted octanol–water partition coefficient (Wildman–Crippen LogP) is 4.82. The Labute approximate surface area is 157 Å². The van der Waals surface area contributed by atoms with E-state index in [9.17, 15) is 4.79 Å². The summed E-state index contributed by atoms with van der Waals surface area (Å²) in [6, 6.07) is 8.03. The number of carbonyl (C=O) groups excluding carboxylic acids is 1. The second-order valence-electron chi connectivity index (χ2n) is 6.29. The van der Waals surface area contributed by atoms with Gasteiger partial charge in [0.1, 0.15) is 0 Å². The van der Waals surface area contributed by atoms with Gasteiger partial charge in [-0.1, -0.05) is 36.2 Å². The van der Waals surface area contributed by atoms with Crippen molar-refractivity contribution in [1.82, 2.24) is 9.88 Å². The van der Waals surface area contributed by atoms with Gasteiger partial charge in [0.15, 0.2) is 5.13 Å². The van der Waals surface area contributed by atoms with Crippen LogP contribution in [0.1, 0.15) is 36.6 Å². The number of halogens is 1. The third-order valence-electron chi connectivity index (χ3n) is 4.40. The fourth-order valence-electron chi connectivity index (χ4n) is 2.95. The van der Waals surface area contributed by atoms with Gasteiger partial charge in [-0.3, -0.25) is 15.0 Å². The first-order valence-corrected chi connectivity index (χ1v) is 9.73. The van der Waals surface area contributed by atoms with Gasteiger partial charge in [-0.25, -0.2) is 4.98 Å². The van der Waals surface area contributed by atoms with Crippen LogP contribution in [0.25, 0.3) is 6.08 Å². The molecule has 2 heterocycles. The molecule has 132 valence electrons. The molecule has 6 heteroatoms. The van der Waals surface area contributed by atoms with Crippen molar-refractivity contribution in [2.75, 3.05) is 11.9 Å². The molecule has 1 unspecified atom stereocenters. The molecule has 1 amide bonds. The normalized spacial score (nSPS) is 18.6. The van der Waals surface area contributed by atoms with E-state index in [4.69, 9.17) is 11.6 Å². The molecule has 1 atom stereocenters. The number of thiazole rings is 1. The van der Waals surface area contributed by atoms with E-state index in [1.54, 1.807) is 12.1 Å². The maximum absolute atomic E-state index is 12.1. The lowest BCUT2D eigenvalue weighted by atomic mass is 10.0. The van der Waals surface area contributed by atoms with Gasteiger partial charge in [0.05, 0.1) is 0 Å². The van der Waals surface area contributed by atoms with E-state index in [0.717, 1.165) is 18.7 Å². The molecule has 3 rings (SSSR count). The minimum atomic E-state index is -0.202. The molecule has 0 bridgehead atoms. The molecule has 1 N–H and O–H groups in total. The zero-order valence-corrected chi connectivity index (χ0v) is 15.8. The minimum Gasteiger partial charge on any atom is -0.298 e. The van der Waals surface area contributed by atoms with Gasteiger partial charge >= 0.3 is 0 Å². The monoisotopic (exact) mass is 375 g/mol. The second kappa shape index (κ2) is 8.61. The van der Waals surface area contributed by atoms with Gasteiger partial charge in [-0.2, -0.15) is 0 Å². The fraction of sp³-hybridized carbons (Fsp3) is 0.368. The van der Waals surface area contributed by atoms with Gasteiger partial charge < -0.3 is 0 Å². The van der Waals surface area contributed by atoms with Crippen LogP contribution < -0.4 is 5.32 Å². The van der Waals surface area contributed by atoms with Crippen LogP contribution >= 0.6 is 22.9 Å². The Kier molecular flexibility index (Phi) is 6.24. The maximum atomic E-state index is 12.1. The topological polar surface area (TPSA) is 45.2 Å². The van der Waals surface area contributed by atoms with E-state index in [1.165, 1.54) is 41.6 Å². The number of likely N-dealkylation sites (tertiary alicyclic amines) is 1. The molecule has 1 aliphatic rings. The second-order valence-corrected chi connectivity index (χ2v) is 7.81. The molecular formula is C19H22ClN3OS. The van der Waals surface area contributed by atoms with Gasteiger partial charge in [0.25, 0.3) is 0 Å². The number of hydrogen-bond donors (Lipinski definition) is 1. The Morgan fingerprint density at radius 3 is 3.08 bits per heavy atom. The summed E-state index contributed by atoms with van der Waals surface area (Å²) in [5.74, 6) is -0.202. The summed E-state index contributed by atoms with van der Waals surface area (Å²) < 4.78 is 0. The van der Waals surface area contributed by atoms with Gasteiger partial charge in [0, 0.05) is 34.8 Å². The number of anilines is 1. The molecular weight excluding hydrogens is 354 g/mol. The largest absolute Gasteiger partial charge is 0.298 e. The molecule has 4 nitrogen and oxygen atoms in total. The van der Waals surface area contributed by atoms with Crippen LogP contribution in [-0.4, -0.2) is 28.4 Å². The SMILES string of the molecule is CC1CCCCN1Cc1cnc(NC(=O)/C=C/c2ccccc2Cl)s1. The third-order valence-corrected chi connectivity index (χ3v) is 5.64. The van der Waals surface area contributed by atoms with Crippen molar-refractivity contribution in [1.29, 1.82) is 0 Å². The number of nitrogens with one attached hydrogen (secondary N) is 1. The van der Waals surface area contributed by atoms with E-state index in [2.05, 4.69) is 22.1 Å². The highest BCUT2D eigenvalue weighted by Gasteiger charge is 2.19. The molecule has 1 saturated heterocycles. The average Bonchev–Trinajstić information content (AvgIpc) is 3.03. The molecule has 1 aromatic heterocycles. The standard InChI is InChI=1S/C19H22ClN3OS/c1-14-6-4-5-11-23(14)13-16-12-21-19(25-16)22-18(24)10-9-15-7-2-3-8-17(15)20/h2-3,7-10,12,14H,4-6,11,13H2,1H3,(H,21,22,24)/b10-9+. The highest BCUT2D eigenvalue weighted by Crippen LogP contribution is 2.24. The third kappa shape index (κ3) is 5.14. The van der Waals surface area contributed by atoms with Crippen LogP contribution in [0, 0.1) is 0 Å². The number of benzene rings is 1. The fourth-order valence-corrected chi connectivity index (χ4v) is 3.99. The van der Waals surface area contributed by atoms with Crippen LogP contribution in [0.2, 0.25) is 5.02 Å². The summed E-state index contributed by atoms with van der Waals surface area (Å²) in [6.45, 7) is 4.33. The summed E-state index contributed by atoms with van der Waals surface area (Å²) in [6.07, 6.45) is 8.89. The van der Waals surface area contributed by atoms with Crippen LogP contribution in [0.15, 0.2) is 36.5 Å². The zero-order chi connectivity index (χ0) is 17.6. The van der Waals surface area contributed by atoms with E-state index in [0.29, 0.717) is 16.2 Å². The summed E-state index contributed by atoms with van der Waals surface area (Å²) in [4.78, 5) is 20.0. The first kappa shape index (κ1) is 18.1. The summed E-state index contributed by atoms with van der Waals surface area (Å²) in [7, 11) is 0. The van der Waals surface area contributed by atoms with E-state index < -0.39 is 0 Å². The number of piperidine rings is 1. The van der Waals surface area contributed by atoms with Crippen molar-refractivity contribution < 1.29 is 4.79 Å². The lowest BCUT2D eigenvalue weighted by Crippen LogP contribution is -2.36.